The van der Waals surface area contributed by atoms with Crippen molar-refractivity contribution in [3.63, 3.8) is 0 Å². The van der Waals surface area contributed by atoms with Crippen molar-refractivity contribution in [3.8, 4) is 11.4 Å². The van der Waals surface area contributed by atoms with Crippen LogP contribution in [-0.2, 0) is 4.79 Å². The number of hydrogen-bond acceptors (Lipinski definition) is 5. The molecule has 1 aliphatic rings. The third-order valence-corrected chi connectivity index (χ3v) is 5.62. The maximum atomic E-state index is 12.3. The molecule has 0 radical (unpaired) electrons. The number of pyridine rings is 1. The van der Waals surface area contributed by atoms with Gasteiger partial charge in [0.1, 0.15) is 0 Å². The first-order chi connectivity index (χ1) is 13.0. The summed E-state index contributed by atoms with van der Waals surface area (Å²) < 4.78 is 2.18. The fourth-order valence-electron chi connectivity index (χ4n) is 3.09. The van der Waals surface area contributed by atoms with Crippen LogP contribution in [0.25, 0.3) is 11.4 Å². The van der Waals surface area contributed by atoms with Gasteiger partial charge in [0.15, 0.2) is 11.0 Å². The van der Waals surface area contributed by atoms with E-state index < -0.39 is 0 Å². The molecule has 1 saturated carbocycles. The molecule has 6 nitrogen and oxygen atoms in total. The molecule has 7 heteroatoms. The quantitative estimate of drug-likeness (QED) is 0.622. The highest BCUT2D eigenvalue weighted by Crippen LogP contribution is 2.40. The summed E-state index contributed by atoms with van der Waals surface area (Å²) in [5.74, 6) is 2.01. The lowest BCUT2D eigenvalue weighted by molar-refractivity contribution is -0.119. The van der Waals surface area contributed by atoms with Crippen molar-refractivity contribution >= 4 is 17.7 Å². The van der Waals surface area contributed by atoms with Gasteiger partial charge in [-0.3, -0.25) is 14.3 Å². The van der Waals surface area contributed by atoms with Crippen molar-refractivity contribution in [1.82, 2.24) is 25.1 Å². The molecule has 0 aliphatic heterocycles. The van der Waals surface area contributed by atoms with E-state index in [4.69, 9.17) is 0 Å². The molecule has 1 atom stereocenters. The van der Waals surface area contributed by atoms with Crippen LogP contribution in [0.1, 0.15) is 58.9 Å². The van der Waals surface area contributed by atoms with Crippen molar-refractivity contribution in [3.05, 3.63) is 24.5 Å². The van der Waals surface area contributed by atoms with Crippen molar-refractivity contribution in [1.29, 1.82) is 0 Å². The molecule has 1 aliphatic carbocycles. The Morgan fingerprint density at radius 3 is 2.63 bits per heavy atom. The normalized spacial score (nSPS) is 15.1. The summed E-state index contributed by atoms with van der Waals surface area (Å²) in [5.41, 5.74) is 1.01. The Kier molecular flexibility index (Phi) is 6.88. The lowest BCUT2D eigenvalue weighted by atomic mass is 10.0. The molecular formula is C20H29N5OS. The van der Waals surface area contributed by atoms with E-state index >= 15 is 0 Å². The molecule has 1 amide bonds. The zero-order valence-electron chi connectivity index (χ0n) is 16.4. The van der Waals surface area contributed by atoms with E-state index in [2.05, 4.69) is 45.8 Å². The number of amides is 1. The molecule has 1 N–H and O–H groups in total. The summed E-state index contributed by atoms with van der Waals surface area (Å²) in [6, 6.07) is 4.56. The van der Waals surface area contributed by atoms with Crippen LogP contribution < -0.4 is 5.32 Å². The van der Waals surface area contributed by atoms with Gasteiger partial charge in [0, 0.05) is 30.0 Å². The highest BCUT2D eigenvalue weighted by molar-refractivity contribution is 7.99. The van der Waals surface area contributed by atoms with E-state index in [-0.39, 0.29) is 11.9 Å². The lowest BCUT2D eigenvalue weighted by Gasteiger charge is -2.14. The summed E-state index contributed by atoms with van der Waals surface area (Å²) in [4.78, 5) is 16.4. The summed E-state index contributed by atoms with van der Waals surface area (Å²) in [5, 5.41) is 12.7. The molecule has 146 valence electrons. The first-order valence-electron chi connectivity index (χ1n) is 9.82. The number of aromatic nitrogens is 4. The van der Waals surface area contributed by atoms with Crippen LogP contribution in [0.2, 0.25) is 0 Å². The second kappa shape index (κ2) is 9.35. The largest absolute Gasteiger partial charge is 0.353 e. The summed E-state index contributed by atoms with van der Waals surface area (Å²) >= 11 is 1.47. The lowest BCUT2D eigenvalue weighted by Crippen LogP contribution is -2.33. The van der Waals surface area contributed by atoms with Crippen LogP contribution in [0.4, 0.5) is 0 Å². The number of nitrogens with one attached hydrogen (secondary N) is 1. The third kappa shape index (κ3) is 5.79. The predicted octanol–water partition coefficient (Wildman–Crippen LogP) is 4.10. The van der Waals surface area contributed by atoms with Gasteiger partial charge in [-0.05, 0) is 44.2 Å². The van der Waals surface area contributed by atoms with Crippen LogP contribution in [-0.4, -0.2) is 37.5 Å². The number of thioether (sulfide) groups is 1. The summed E-state index contributed by atoms with van der Waals surface area (Å²) in [7, 11) is 0. The van der Waals surface area contributed by atoms with Crippen molar-refractivity contribution < 1.29 is 4.79 Å². The fourth-order valence-corrected chi connectivity index (χ4v) is 3.90. The molecule has 1 fully saturated rings. The molecule has 0 bridgehead atoms. The molecule has 0 unspecified atom stereocenters. The number of nitrogens with zero attached hydrogens (tertiary/aromatic N) is 4. The monoisotopic (exact) mass is 387 g/mol. The van der Waals surface area contributed by atoms with Gasteiger partial charge >= 0.3 is 0 Å². The Bertz CT molecular complexity index is 742. The van der Waals surface area contributed by atoms with Gasteiger partial charge in [-0.2, -0.15) is 0 Å². The molecule has 0 spiro atoms. The van der Waals surface area contributed by atoms with Gasteiger partial charge in [-0.1, -0.05) is 38.5 Å². The van der Waals surface area contributed by atoms with Crippen molar-refractivity contribution in [2.45, 2.75) is 70.1 Å². The minimum absolute atomic E-state index is 0.0628. The molecule has 3 rings (SSSR count). The Balaban J connectivity index is 1.55. The molecule has 27 heavy (non-hydrogen) atoms. The van der Waals surface area contributed by atoms with Crippen molar-refractivity contribution in [2.24, 2.45) is 5.92 Å². The van der Waals surface area contributed by atoms with Gasteiger partial charge in [-0.15, -0.1) is 10.2 Å². The highest BCUT2D eigenvalue weighted by atomic mass is 32.2. The predicted molar refractivity (Wildman–Crippen MR) is 109 cm³/mol. The van der Waals surface area contributed by atoms with Gasteiger partial charge < -0.3 is 5.32 Å². The number of carbonyl (C=O) groups excluding carboxylic acids is 1. The molecule has 0 saturated heterocycles. The molecule has 2 aromatic heterocycles. The Morgan fingerprint density at radius 2 is 1.96 bits per heavy atom. The van der Waals surface area contributed by atoms with Crippen molar-refractivity contribution in [2.75, 3.05) is 5.75 Å². The maximum Gasteiger partial charge on any atom is 0.230 e. The average Bonchev–Trinajstić information content (AvgIpc) is 3.39. The first-order valence-corrected chi connectivity index (χ1v) is 10.8. The molecule has 2 heterocycles. The van der Waals surface area contributed by atoms with E-state index in [0.29, 0.717) is 17.7 Å². The minimum Gasteiger partial charge on any atom is -0.353 e. The van der Waals surface area contributed by atoms with E-state index in [0.717, 1.165) is 42.2 Å². The number of hydrogen-bond donors (Lipinski definition) is 1. The highest BCUT2D eigenvalue weighted by Gasteiger charge is 2.30. The summed E-state index contributed by atoms with van der Waals surface area (Å²) in [6.45, 7) is 6.55. The van der Waals surface area contributed by atoms with Crippen LogP contribution in [0, 0.1) is 5.92 Å². The Labute approximate surface area is 165 Å². The summed E-state index contributed by atoms with van der Waals surface area (Å²) in [6.07, 6.45) is 9.20. The fraction of sp³-hybridized carbons (Fsp3) is 0.600. The number of carbonyl (C=O) groups is 1. The first kappa shape index (κ1) is 19.9. The second-order valence-electron chi connectivity index (χ2n) is 7.73. The van der Waals surface area contributed by atoms with E-state index in [1.54, 1.807) is 12.4 Å². The van der Waals surface area contributed by atoms with Crippen LogP contribution in [0.3, 0.4) is 0 Å². The zero-order chi connectivity index (χ0) is 19.2. The second-order valence-corrected chi connectivity index (χ2v) is 8.67. The third-order valence-electron chi connectivity index (χ3n) is 4.67. The topological polar surface area (TPSA) is 72.7 Å². The molecule has 0 aromatic carbocycles. The van der Waals surface area contributed by atoms with E-state index in [9.17, 15) is 4.79 Å². The average molecular weight is 388 g/mol. The van der Waals surface area contributed by atoms with Crippen LogP contribution >= 0.6 is 11.8 Å². The van der Waals surface area contributed by atoms with Gasteiger partial charge in [0.2, 0.25) is 5.91 Å². The Hall–Kier alpha value is -1.89. The Morgan fingerprint density at radius 1 is 1.22 bits per heavy atom. The SMILES string of the molecule is CC(C)CCC[C@H](C)NC(=O)CSc1nnc(-c2ccncc2)n1C1CC1. The maximum absolute atomic E-state index is 12.3. The van der Waals surface area contributed by atoms with Crippen LogP contribution in [0.15, 0.2) is 29.7 Å². The zero-order valence-corrected chi connectivity index (χ0v) is 17.2. The van der Waals surface area contributed by atoms with E-state index in [1.807, 2.05) is 12.1 Å². The standard InChI is InChI=1S/C20H29N5OS/c1-14(2)5-4-6-15(3)22-18(26)13-27-20-24-23-19(25(20)17-7-8-17)16-9-11-21-12-10-16/h9-12,14-15,17H,4-8,13H2,1-3H3,(H,22,26)/t15-/m0/s1. The van der Waals surface area contributed by atoms with Gasteiger partial charge in [0.25, 0.3) is 0 Å². The van der Waals surface area contributed by atoms with E-state index in [1.165, 1.54) is 18.2 Å². The van der Waals surface area contributed by atoms with Gasteiger partial charge in [-0.25, -0.2) is 0 Å². The molecule has 2 aromatic rings. The van der Waals surface area contributed by atoms with Crippen LogP contribution in [0.5, 0.6) is 0 Å². The minimum atomic E-state index is 0.0628. The number of rotatable bonds is 10. The molecular weight excluding hydrogens is 358 g/mol. The van der Waals surface area contributed by atoms with Gasteiger partial charge in [0.05, 0.1) is 5.75 Å². The smallest absolute Gasteiger partial charge is 0.230 e.